The van der Waals surface area contributed by atoms with Gasteiger partial charge in [-0.25, -0.2) is 0 Å². The minimum atomic E-state index is 0.711. The maximum absolute atomic E-state index is 5.70. The van der Waals surface area contributed by atoms with Gasteiger partial charge in [0.25, 0.3) is 0 Å². The number of unbranched alkanes of at least 4 members (excludes halogenated alkanes) is 2. The lowest BCUT2D eigenvalue weighted by molar-refractivity contribution is 0.117. The van der Waals surface area contributed by atoms with Crippen LogP contribution in [0.4, 0.5) is 0 Å². The van der Waals surface area contributed by atoms with Crippen molar-refractivity contribution in [2.45, 2.75) is 39.2 Å². The molecular weight excluding hydrogens is 268 g/mol. The van der Waals surface area contributed by atoms with Crippen LogP contribution in [-0.4, -0.2) is 6.61 Å². The average Bonchev–Trinajstić information content (AvgIpc) is 2.56. The molecule has 0 saturated heterocycles. The molecule has 0 N–H and O–H groups in total. The van der Waals surface area contributed by atoms with Gasteiger partial charge in [0.15, 0.2) is 0 Å². The molecule has 0 fully saturated rings. The van der Waals surface area contributed by atoms with Gasteiger partial charge in [0.05, 0.1) is 6.61 Å². The smallest absolute Gasteiger partial charge is 0.0716 e. The maximum Gasteiger partial charge on any atom is 0.0716 e. The van der Waals surface area contributed by atoms with Crippen LogP contribution in [0.5, 0.6) is 0 Å². The van der Waals surface area contributed by atoms with Crippen LogP contribution < -0.4 is 0 Å². The van der Waals surface area contributed by atoms with Crippen LogP contribution in [0.2, 0.25) is 0 Å². The minimum Gasteiger partial charge on any atom is -0.377 e. The molecule has 116 valence electrons. The lowest BCUT2D eigenvalue weighted by atomic mass is 10.0. The highest BCUT2D eigenvalue weighted by Gasteiger charge is 1.99. The number of rotatable bonds is 9. The Kier molecular flexibility index (Phi) is 6.92. The van der Waals surface area contributed by atoms with Crippen molar-refractivity contribution < 1.29 is 4.74 Å². The van der Waals surface area contributed by atoms with Crippen molar-refractivity contribution in [3.05, 3.63) is 72.3 Å². The van der Waals surface area contributed by atoms with E-state index in [0.717, 1.165) is 19.4 Å². The number of allylic oxidation sites excluding steroid dienone is 1. The molecule has 0 spiro atoms. The number of hydrogen-bond acceptors (Lipinski definition) is 1. The second-order valence-corrected chi connectivity index (χ2v) is 5.65. The molecule has 2 aromatic carbocycles. The van der Waals surface area contributed by atoms with Gasteiger partial charge in [0, 0.05) is 6.61 Å². The molecule has 0 aromatic heterocycles. The molecule has 0 saturated carbocycles. The summed E-state index contributed by atoms with van der Waals surface area (Å²) >= 11 is 0. The summed E-state index contributed by atoms with van der Waals surface area (Å²) in [4.78, 5) is 0. The van der Waals surface area contributed by atoms with E-state index >= 15 is 0 Å². The molecule has 0 aliphatic heterocycles. The Morgan fingerprint density at radius 3 is 2.00 bits per heavy atom. The zero-order chi connectivity index (χ0) is 15.6. The Hall–Kier alpha value is -1.86. The van der Waals surface area contributed by atoms with Crippen LogP contribution in [0, 0.1) is 0 Å². The van der Waals surface area contributed by atoms with Gasteiger partial charge in [-0.05, 0) is 35.1 Å². The molecule has 0 amide bonds. The lowest BCUT2D eigenvalue weighted by Gasteiger charge is -2.07. The summed E-state index contributed by atoms with van der Waals surface area (Å²) in [7, 11) is 0. The Labute approximate surface area is 134 Å². The lowest BCUT2D eigenvalue weighted by Crippen LogP contribution is -1.95. The third kappa shape index (κ3) is 5.16. The van der Waals surface area contributed by atoms with E-state index in [1.807, 2.05) is 6.08 Å². The van der Waals surface area contributed by atoms with Crippen LogP contribution in [0.1, 0.15) is 37.3 Å². The fourth-order valence-electron chi connectivity index (χ4n) is 2.44. The predicted octanol–water partition coefficient (Wildman–Crippen LogP) is 5.79. The fraction of sp³-hybridized carbons (Fsp3) is 0.333. The van der Waals surface area contributed by atoms with Crippen LogP contribution in [0.25, 0.3) is 11.1 Å². The molecule has 0 aliphatic carbocycles. The second-order valence-electron chi connectivity index (χ2n) is 5.65. The summed E-state index contributed by atoms with van der Waals surface area (Å²) in [5.74, 6) is 0. The third-order valence-corrected chi connectivity index (χ3v) is 3.78. The first-order valence-corrected chi connectivity index (χ1v) is 8.20. The van der Waals surface area contributed by atoms with E-state index in [-0.39, 0.29) is 0 Å². The van der Waals surface area contributed by atoms with Crippen LogP contribution in [0.15, 0.2) is 61.2 Å². The predicted molar refractivity (Wildman–Crippen MR) is 95.0 cm³/mol. The van der Waals surface area contributed by atoms with Crippen molar-refractivity contribution in [3.8, 4) is 11.1 Å². The van der Waals surface area contributed by atoms with Crippen molar-refractivity contribution in [2.75, 3.05) is 6.61 Å². The minimum absolute atomic E-state index is 0.711. The number of hydrogen-bond donors (Lipinski definition) is 0. The quantitative estimate of drug-likeness (QED) is 0.420. The highest BCUT2D eigenvalue weighted by Crippen LogP contribution is 2.21. The van der Waals surface area contributed by atoms with Gasteiger partial charge in [-0.1, -0.05) is 74.4 Å². The SMILES string of the molecule is C=CCc1ccc(-c2ccc(COCCCCC)cc2)cc1. The van der Waals surface area contributed by atoms with Crippen molar-refractivity contribution in [1.82, 2.24) is 0 Å². The Morgan fingerprint density at radius 1 is 0.864 bits per heavy atom. The maximum atomic E-state index is 5.70. The number of ether oxygens (including phenoxy) is 1. The average molecular weight is 294 g/mol. The van der Waals surface area contributed by atoms with Crippen molar-refractivity contribution in [1.29, 1.82) is 0 Å². The Balaban J connectivity index is 1.89. The topological polar surface area (TPSA) is 9.23 Å². The molecule has 0 atom stereocenters. The van der Waals surface area contributed by atoms with Crippen molar-refractivity contribution >= 4 is 0 Å². The van der Waals surface area contributed by atoms with Gasteiger partial charge >= 0.3 is 0 Å². The molecule has 0 aliphatic rings. The molecule has 1 nitrogen and oxygen atoms in total. The molecular formula is C21H26O. The largest absolute Gasteiger partial charge is 0.377 e. The van der Waals surface area contributed by atoms with E-state index in [2.05, 4.69) is 62.0 Å². The second kappa shape index (κ2) is 9.22. The molecule has 1 heteroatoms. The summed E-state index contributed by atoms with van der Waals surface area (Å²) in [5, 5.41) is 0. The van der Waals surface area contributed by atoms with Gasteiger partial charge in [-0.2, -0.15) is 0 Å². The monoisotopic (exact) mass is 294 g/mol. The fourth-order valence-corrected chi connectivity index (χ4v) is 2.44. The first-order valence-electron chi connectivity index (χ1n) is 8.20. The standard InChI is InChI=1S/C21H26O/c1-3-5-6-16-22-17-19-10-14-21(15-11-19)20-12-8-18(7-4-2)9-13-20/h4,8-15H,2-3,5-7,16-17H2,1H3. The number of benzene rings is 2. The summed E-state index contributed by atoms with van der Waals surface area (Å²) in [5.41, 5.74) is 5.04. The molecule has 22 heavy (non-hydrogen) atoms. The van der Waals surface area contributed by atoms with Crippen LogP contribution >= 0.6 is 0 Å². The Morgan fingerprint density at radius 2 is 1.45 bits per heavy atom. The molecule has 2 rings (SSSR count). The molecule has 0 heterocycles. The summed E-state index contributed by atoms with van der Waals surface area (Å²) in [6, 6.07) is 17.4. The van der Waals surface area contributed by atoms with Gasteiger partial charge < -0.3 is 4.74 Å². The van der Waals surface area contributed by atoms with Crippen LogP contribution in [0.3, 0.4) is 0 Å². The van der Waals surface area contributed by atoms with Crippen LogP contribution in [-0.2, 0) is 17.8 Å². The highest BCUT2D eigenvalue weighted by atomic mass is 16.5. The Bertz CT molecular complexity index is 551. The van der Waals surface area contributed by atoms with Gasteiger partial charge in [-0.3, -0.25) is 0 Å². The summed E-state index contributed by atoms with van der Waals surface area (Å²) in [6.45, 7) is 7.56. The summed E-state index contributed by atoms with van der Waals surface area (Å²) < 4.78 is 5.70. The zero-order valence-electron chi connectivity index (χ0n) is 13.6. The first-order chi connectivity index (χ1) is 10.8. The summed E-state index contributed by atoms with van der Waals surface area (Å²) in [6.07, 6.45) is 6.51. The molecule has 2 aromatic rings. The molecule has 0 unspecified atom stereocenters. The highest BCUT2D eigenvalue weighted by molar-refractivity contribution is 5.64. The first kappa shape index (κ1) is 16.5. The van der Waals surface area contributed by atoms with E-state index < -0.39 is 0 Å². The van der Waals surface area contributed by atoms with Gasteiger partial charge in [0.1, 0.15) is 0 Å². The van der Waals surface area contributed by atoms with E-state index in [4.69, 9.17) is 4.74 Å². The van der Waals surface area contributed by atoms with Gasteiger partial charge in [0.2, 0.25) is 0 Å². The third-order valence-electron chi connectivity index (χ3n) is 3.78. The van der Waals surface area contributed by atoms with E-state index in [1.165, 1.54) is 35.1 Å². The van der Waals surface area contributed by atoms with Gasteiger partial charge in [-0.15, -0.1) is 6.58 Å². The van der Waals surface area contributed by atoms with E-state index in [9.17, 15) is 0 Å². The van der Waals surface area contributed by atoms with E-state index in [0.29, 0.717) is 6.61 Å². The zero-order valence-corrected chi connectivity index (χ0v) is 13.6. The molecule has 0 radical (unpaired) electrons. The van der Waals surface area contributed by atoms with Crippen molar-refractivity contribution in [2.24, 2.45) is 0 Å². The normalized spacial score (nSPS) is 10.6. The van der Waals surface area contributed by atoms with Crippen molar-refractivity contribution in [3.63, 3.8) is 0 Å². The van der Waals surface area contributed by atoms with E-state index in [1.54, 1.807) is 0 Å². The molecule has 0 bridgehead atoms.